The second-order valence-corrected chi connectivity index (χ2v) is 8.20. The summed E-state index contributed by atoms with van der Waals surface area (Å²) in [7, 11) is 0. The molecule has 0 N–H and O–H groups in total. The Labute approximate surface area is 166 Å². The van der Waals surface area contributed by atoms with E-state index in [-0.39, 0.29) is 0 Å². The zero-order chi connectivity index (χ0) is 20.6. The Morgan fingerprint density at radius 2 is 1.64 bits per heavy atom. The molecule has 0 aliphatic heterocycles. The highest BCUT2D eigenvalue weighted by molar-refractivity contribution is 5.88. The number of hydrogen-bond donors (Lipinski definition) is 0. The minimum atomic E-state index is -0.863. The molecule has 2 atom stereocenters. The van der Waals surface area contributed by atoms with Gasteiger partial charge in [0, 0.05) is 5.41 Å². The minimum Gasteiger partial charge on any atom is -0.457 e. The Bertz CT molecular complexity index is 967. The maximum absolute atomic E-state index is 12.8. The largest absolute Gasteiger partial charge is 0.457 e. The molecule has 28 heavy (non-hydrogen) atoms. The van der Waals surface area contributed by atoms with E-state index in [4.69, 9.17) is 14.7 Å². The molecule has 1 aliphatic rings. The van der Waals surface area contributed by atoms with Gasteiger partial charge in [-0.05, 0) is 56.0 Å². The first-order valence-corrected chi connectivity index (χ1v) is 9.30. The number of allylic oxidation sites excluding steroid dienone is 2. The normalized spacial score (nSPS) is 24.6. The number of para-hydroxylation sites is 1. The highest BCUT2D eigenvalue weighted by Gasteiger charge is 2.83. The molecule has 2 aromatic rings. The number of esters is 1. The van der Waals surface area contributed by atoms with E-state index in [0.29, 0.717) is 5.75 Å². The monoisotopic (exact) mass is 375 g/mol. The van der Waals surface area contributed by atoms with Crippen LogP contribution in [-0.2, 0) is 14.9 Å². The molecule has 1 fully saturated rings. The zero-order valence-corrected chi connectivity index (χ0v) is 16.9. The molecular formula is C24H25NO3. The van der Waals surface area contributed by atoms with Crippen LogP contribution in [0.25, 0.3) is 0 Å². The van der Waals surface area contributed by atoms with Crippen molar-refractivity contribution in [3.63, 3.8) is 0 Å². The van der Waals surface area contributed by atoms with Crippen molar-refractivity contribution in [1.29, 1.82) is 5.26 Å². The van der Waals surface area contributed by atoms with Crippen LogP contribution in [0, 0.1) is 22.3 Å². The van der Waals surface area contributed by atoms with Gasteiger partial charge in [0.2, 0.25) is 0 Å². The Morgan fingerprint density at radius 1 is 1.00 bits per heavy atom. The lowest BCUT2D eigenvalue weighted by Crippen LogP contribution is -2.24. The molecule has 0 radical (unpaired) electrons. The van der Waals surface area contributed by atoms with Crippen molar-refractivity contribution in [1.82, 2.24) is 0 Å². The fourth-order valence-corrected chi connectivity index (χ4v) is 4.61. The molecule has 0 saturated heterocycles. The summed E-state index contributed by atoms with van der Waals surface area (Å²) < 4.78 is 10.8. The summed E-state index contributed by atoms with van der Waals surface area (Å²) in [4.78, 5) is 12.8. The van der Waals surface area contributed by atoms with E-state index < -0.39 is 22.2 Å². The lowest BCUT2D eigenvalue weighted by Gasteiger charge is -2.20. The second-order valence-electron chi connectivity index (χ2n) is 8.20. The Balaban J connectivity index is 2.10. The molecule has 1 aliphatic carbocycles. The third-order valence-corrected chi connectivity index (χ3v) is 6.28. The molecule has 4 heteroatoms. The van der Waals surface area contributed by atoms with Crippen molar-refractivity contribution < 1.29 is 14.3 Å². The van der Waals surface area contributed by atoms with Gasteiger partial charge in [0.05, 0.1) is 5.41 Å². The topological polar surface area (TPSA) is 59.3 Å². The number of nitrogens with zero attached hydrogens (tertiary/aromatic N) is 1. The predicted molar refractivity (Wildman–Crippen MR) is 108 cm³/mol. The standard InChI is InChI=1S/C24H25NO3/c1-17(2)15-24(22(3,4)23(24,5)21(26)27-16-25)18-10-9-13-20(14-18)28-19-11-7-6-8-12-19/h6-15H,1-5H3. The van der Waals surface area contributed by atoms with Crippen molar-refractivity contribution in [3.05, 3.63) is 71.8 Å². The number of benzene rings is 2. The van der Waals surface area contributed by atoms with E-state index in [2.05, 4.69) is 6.08 Å². The summed E-state index contributed by atoms with van der Waals surface area (Å²) in [6.45, 7) is 9.97. The highest BCUT2D eigenvalue weighted by atomic mass is 16.5. The van der Waals surface area contributed by atoms with E-state index in [1.54, 1.807) is 6.26 Å². The zero-order valence-electron chi connectivity index (χ0n) is 16.9. The quantitative estimate of drug-likeness (QED) is 0.379. The number of nitriles is 1. The molecule has 0 aromatic heterocycles. The van der Waals surface area contributed by atoms with Crippen LogP contribution in [0.1, 0.15) is 40.2 Å². The number of rotatable bonds is 5. The summed E-state index contributed by atoms with van der Waals surface area (Å²) in [5, 5.41) is 8.90. The van der Waals surface area contributed by atoms with E-state index in [0.717, 1.165) is 16.9 Å². The van der Waals surface area contributed by atoms with Crippen LogP contribution >= 0.6 is 0 Å². The van der Waals surface area contributed by atoms with Crippen molar-refractivity contribution in [2.45, 2.75) is 40.0 Å². The molecule has 0 spiro atoms. The van der Waals surface area contributed by atoms with Crippen LogP contribution in [0.4, 0.5) is 0 Å². The predicted octanol–water partition coefficient (Wildman–Crippen LogP) is 5.75. The summed E-state index contributed by atoms with van der Waals surface area (Å²) >= 11 is 0. The smallest absolute Gasteiger partial charge is 0.329 e. The van der Waals surface area contributed by atoms with Crippen molar-refractivity contribution in [3.8, 4) is 17.8 Å². The fourth-order valence-electron chi connectivity index (χ4n) is 4.61. The van der Waals surface area contributed by atoms with Crippen LogP contribution in [0.15, 0.2) is 66.2 Å². The molecule has 3 rings (SSSR count). The third kappa shape index (κ3) is 2.70. The average Bonchev–Trinajstić information content (AvgIpc) is 3.04. The molecule has 144 valence electrons. The van der Waals surface area contributed by atoms with Gasteiger partial charge in [-0.1, -0.05) is 55.8 Å². The van der Waals surface area contributed by atoms with Crippen LogP contribution in [0.3, 0.4) is 0 Å². The van der Waals surface area contributed by atoms with Crippen LogP contribution in [0.2, 0.25) is 0 Å². The van der Waals surface area contributed by atoms with Crippen molar-refractivity contribution in [2.24, 2.45) is 10.8 Å². The van der Waals surface area contributed by atoms with Gasteiger partial charge in [-0.15, -0.1) is 5.26 Å². The Morgan fingerprint density at radius 3 is 2.25 bits per heavy atom. The molecular weight excluding hydrogens is 350 g/mol. The molecule has 0 amide bonds. The molecule has 2 unspecified atom stereocenters. The van der Waals surface area contributed by atoms with Gasteiger partial charge in [-0.3, -0.25) is 4.79 Å². The fraction of sp³-hybridized carbons (Fsp3) is 0.333. The lowest BCUT2D eigenvalue weighted by molar-refractivity contribution is -0.144. The molecule has 2 aromatic carbocycles. The number of hydrogen-bond acceptors (Lipinski definition) is 4. The van der Waals surface area contributed by atoms with E-state index in [1.807, 2.05) is 89.2 Å². The third-order valence-electron chi connectivity index (χ3n) is 6.28. The molecule has 1 saturated carbocycles. The van der Waals surface area contributed by atoms with Gasteiger partial charge in [0.25, 0.3) is 6.26 Å². The lowest BCUT2D eigenvalue weighted by atomic mass is 9.84. The first-order chi connectivity index (χ1) is 13.2. The minimum absolute atomic E-state index is 0.434. The first kappa shape index (κ1) is 19.7. The number of carbonyl (C=O) groups is 1. The van der Waals surface area contributed by atoms with Crippen LogP contribution in [0.5, 0.6) is 11.5 Å². The Kier molecular flexibility index (Phi) is 4.81. The number of ether oxygens (including phenoxy) is 2. The summed E-state index contributed by atoms with van der Waals surface area (Å²) in [6.07, 6.45) is 3.66. The van der Waals surface area contributed by atoms with E-state index in [9.17, 15) is 4.79 Å². The summed E-state index contributed by atoms with van der Waals surface area (Å²) in [5.74, 6) is 0.938. The van der Waals surface area contributed by atoms with E-state index >= 15 is 0 Å². The van der Waals surface area contributed by atoms with E-state index in [1.165, 1.54) is 0 Å². The summed E-state index contributed by atoms with van der Waals surface area (Å²) in [6, 6.07) is 17.4. The van der Waals surface area contributed by atoms with Crippen molar-refractivity contribution in [2.75, 3.05) is 0 Å². The van der Waals surface area contributed by atoms with Gasteiger partial charge in [0.15, 0.2) is 0 Å². The summed E-state index contributed by atoms with van der Waals surface area (Å²) in [5.41, 5.74) is 0.165. The van der Waals surface area contributed by atoms with Crippen LogP contribution < -0.4 is 4.74 Å². The van der Waals surface area contributed by atoms with Gasteiger partial charge >= 0.3 is 5.97 Å². The Hall–Kier alpha value is -3.06. The second kappa shape index (κ2) is 6.83. The van der Waals surface area contributed by atoms with Gasteiger partial charge in [0.1, 0.15) is 11.5 Å². The molecule has 0 heterocycles. The maximum atomic E-state index is 12.8. The van der Waals surface area contributed by atoms with Crippen LogP contribution in [-0.4, -0.2) is 5.97 Å². The molecule has 4 nitrogen and oxygen atoms in total. The first-order valence-electron chi connectivity index (χ1n) is 9.30. The van der Waals surface area contributed by atoms with Crippen molar-refractivity contribution >= 4 is 5.97 Å². The van der Waals surface area contributed by atoms with Gasteiger partial charge < -0.3 is 9.47 Å². The van der Waals surface area contributed by atoms with Gasteiger partial charge in [-0.25, -0.2) is 0 Å². The highest BCUT2D eigenvalue weighted by Crippen LogP contribution is 2.79. The van der Waals surface area contributed by atoms with Gasteiger partial charge in [-0.2, -0.15) is 0 Å². The SMILES string of the molecule is CC(C)=CC1(c2cccc(Oc3ccccc3)c2)C(C)(C)C1(C)C(=O)OC#N. The maximum Gasteiger partial charge on any atom is 0.329 e. The molecule has 0 bridgehead atoms. The average molecular weight is 375 g/mol. The number of carbonyl (C=O) groups excluding carboxylic acids is 1.